The standard InChI is InChI=1S/C16H15N3O5S/c1-17-15(20)12-8-9-7-10(3-4-11(9)19-12)18-16(21)13-5-6-14(24-13)25(2,22)23/h3-8,19H,1-2H3,(H,17,20)(H,18,21). The Bertz CT molecular complexity index is 1080. The van der Waals surface area contributed by atoms with Gasteiger partial charge in [0, 0.05) is 29.9 Å². The molecule has 0 saturated heterocycles. The minimum absolute atomic E-state index is 0.111. The van der Waals surface area contributed by atoms with Crippen LogP contribution in [0, 0.1) is 0 Å². The molecule has 25 heavy (non-hydrogen) atoms. The molecule has 0 radical (unpaired) electrons. The van der Waals surface area contributed by atoms with Crippen molar-refractivity contribution in [1.29, 1.82) is 0 Å². The number of carbonyl (C=O) groups excluding carboxylic acids is 2. The number of hydrogen-bond donors (Lipinski definition) is 3. The largest absolute Gasteiger partial charge is 0.440 e. The molecule has 0 spiro atoms. The predicted octanol–water partition coefficient (Wildman–Crippen LogP) is 1.78. The van der Waals surface area contributed by atoms with Gasteiger partial charge in [0.15, 0.2) is 5.76 Å². The fourth-order valence-electron chi connectivity index (χ4n) is 2.30. The number of rotatable bonds is 4. The number of H-pyrrole nitrogens is 1. The first-order chi connectivity index (χ1) is 11.8. The van der Waals surface area contributed by atoms with Crippen LogP contribution >= 0.6 is 0 Å². The van der Waals surface area contributed by atoms with Crippen molar-refractivity contribution in [2.45, 2.75) is 5.09 Å². The average Bonchev–Trinajstić information content (AvgIpc) is 3.20. The molecule has 8 nitrogen and oxygen atoms in total. The number of anilines is 1. The first kappa shape index (κ1) is 16.8. The number of aromatic amines is 1. The Kier molecular flexibility index (Phi) is 4.09. The van der Waals surface area contributed by atoms with Gasteiger partial charge in [-0.05, 0) is 36.4 Å². The molecule has 2 aromatic heterocycles. The maximum absolute atomic E-state index is 12.2. The highest BCUT2D eigenvalue weighted by atomic mass is 32.2. The molecule has 3 N–H and O–H groups in total. The van der Waals surface area contributed by atoms with Crippen LogP contribution in [0.1, 0.15) is 21.0 Å². The third-order valence-corrected chi connectivity index (χ3v) is 4.47. The number of amides is 2. The Morgan fingerprint density at radius 1 is 1.08 bits per heavy atom. The average molecular weight is 361 g/mol. The molecule has 2 amide bonds. The van der Waals surface area contributed by atoms with Gasteiger partial charge in [-0.1, -0.05) is 0 Å². The Balaban J connectivity index is 1.83. The molecular formula is C16H15N3O5S. The first-order valence-electron chi connectivity index (χ1n) is 7.24. The summed E-state index contributed by atoms with van der Waals surface area (Å²) >= 11 is 0. The lowest BCUT2D eigenvalue weighted by atomic mass is 10.2. The third kappa shape index (κ3) is 3.41. The summed E-state index contributed by atoms with van der Waals surface area (Å²) in [5.41, 5.74) is 1.64. The fourth-order valence-corrected chi connectivity index (χ4v) is 2.86. The van der Waals surface area contributed by atoms with E-state index in [-0.39, 0.29) is 16.8 Å². The van der Waals surface area contributed by atoms with Crippen LogP contribution in [0.3, 0.4) is 0 Å². The number of sulfone groups is 1. The second-order valence-electron chi connectivity index (χ2n) is 5.41. The summed E-state index contributed by atoms with van der Waals surface area (Å²) in [6, 6.07) is 9.26. The molecule has 1 aromatic carbocycles. The molecule has 0 saturated carbocycles. The van der Waals surface area contributed by atoms with Crippen molar-refractivity contribution >= 4 is 38.2 Å². The van der Waals surface area contributed by atoms with Gasteiger partial charge >= 0.3 is 0 Å². The fraction of sp³-hybridized carbons (Fsp3) is 0.125. The van der Waals surface area contributed by atoms with Crippen molar-refractivity contribution in [3.63, 3.8) is 0 Å². The number of benzene rings is 1. The van der Waals surface area contributed by atoms with Gasteiger partial charge in [-0.15, -0.1) is 0 Å². The monoisotopic (exact) mass is 361 g/mol. The lowest BCUT2D eigenvalue weighted by Gasteiger charge is -2.03. The summed E-state index contributed by atoms with van der Waals surface area (Å²) in [5.74, 6) is -0.928. The Hall–Kier alpha value is -3.07. The molecule has 3 rings (SSSR count). The lowest BCUT2D eigenvalue weighted by molar-refractivity contribution is 0.0957. The summed E-state index contributed by atoms with van der Waals surface area (Å²) in [4.78, 5) is 26.8. The first-order valence-corrected chi connectivity index (χ1v) is 9.13. The Labute approximate surface area is 143 Å². The van der Waals surface area contributed by atoms with E-state index < -0.39 is 15.7 Å². The van der Waals surface area contributed by atoms with Gasteiger partial charge in [0.05, 0.1) is 0 Å². The second kappa shape index (κ2) is 6.10. The summed E-state index contributed by atoms with van der Waals surface area (Å²) in [6.45, 7) is 0. The molecule has 0 bridgehead atoms. The molecule has 130 valence electrons. The van der Waals surface area contributed by atoms with E-state index >= 15 is 0 Å². The molecule has 3 aromatic rings. The smallest absolute Gasteiger partial charge is 0.291 e. The van der Waals surface area contributed by atoms with Gasteiger partial charge in [-0.25, -0.2) is 8.42 Å². The van der Waals surface area contributed by atoms with Crippen LogP contribution in [0.15, 0.2) is 45.9 Å². The maximum atomic E-state index is 12.2. The Morgan fingerprint density at radius 2 is 1.84 bits per heavy atom. The maximum Gasteiger partial charge on any atom is 0.291 e. The van der Waals surface area contributed by atoms with Gasteiger partial charge in [-0.3, -0.25) is 9.59 Å². The summed E-state index contributed by atoms with van der Waals surface area (Å²) in [7, 11) is -1.98. The van der Waals surface area contributed by atoms with Gasteiger partial charge in [0.2, 0.25) is 14.9 Å². The van der Waals surface area contributed by atoms with E-state index in [0.717, 1.165) is 17.2 Å². The minimum Gasteiger partial charge on any atom is -0.440 e. The molecule has 2 heterocycles. The van der Waals surface area contributed by atoms with Crippen molar-refractivity contribution in [3.05, 3.63) is 47.9 Å². The number of fused-ring (bicyclic) bond motifs is 1. The van der Waals surface area contributed by atoms with Crippen LogP contribution in [0.5, 0.6) is 0 Å². The van der Waals surface area contributed by atoms with Crippen molar-refractivity contribution in [2.24, 2.45) is 0 Å². The molecule has 0 unspecified atom stereocenters. The van der Waals surface area contributed by atoms with E-state index in [0.29, 0.717) is 11.4 Å². The highest BCUT2D eigenvalue weighted by molar-refractivity contribution is 7.90. The number of carbonyl (C=O) groups is 2. The summed E-state index contributed by atoms with van der Waals surface area (Å²) in [6.07, 6.45) is 0.997. The van der Waals surface area contributed by atoms with Gasteiger partial charge in [-0.2, -0.15) is 0 Å². The van der Waals surface area contributed by atoms with Crippen LogP contribution < -0.4 is 10.6 Å². The minimum atomic E-state index is -3.51. The van der Waals surface area contributed by atoms with Crippen molar-refractivity contribution in [2.75, 3.05) is 18.6 Å². The molecular weight excluding hydrogens is 346 g/mol. The molecule has 0 atom stereocenters. The summed E-state index contributed by atoms with van der Waals surface area (Å²) < 4.78 is 27.8. The second-order valence-corrected chi connectivity index (χ2v) is 7.36. The lowest BCUT2D eigenvalue weighted by Crippen LogP contribution is -2.17. The van der Waals surface area contributed by atoms with Crippen LogP contribution in [-0.4, -0.2) is 38.5 Å². The molecule has 0 aliphatic carbocycles. The van der Waals surface area contributed by atoms with Crippen LogP contribution in [0.25, 0.3) is 10.9 Å². The third-order valence-electron chi connectivity index (χ3n) is 3.52. The van der Waals surface area contributed by atoms with Crippen LogP contribution in [-0.2, 0) is 9.84 Å². The van der Waals surface area contributed by atoms with E-state index in [1.54, 1.807) is 24.3 Å². The van der Waals surface area contributed by atoms with E-state index in [4.69, 9.17) is 4.42 Å². The zero-order valence-electron chi connectivity index (χ0n) is 13.4. The Morgan fingerprint density at radius 3 is 2.48 bits per heavy atom. The van der Waals surface area contributed by atoms with Crippen molar-refractivity contribution in [1.82, 2.24) is 10.3 Å². The van der Waals surface area contributed by atoms with Gasteiger partial charge in [0.25, 0.3) is 11.8 Å². The quantitative estimate of drug-likeness (QED) is 0.654. The van der Waals surface area contributed by atoms with Crippen LogP contribution in [0.4, 0.5) is 5.69 Å². The highest BCUT2D eigenvalue weighted by Crippen LogP contribution is 2.21. The zero-order chi connectivity index (χ0) is 18.2. The summed E-state index contributed by atoms with van der Waals surface area (Å²) in [5, 5.41) is 5.62. The number of hydrogen-bond acceptors (Lipinski definition) is 5. The topological polar surface area (TPSA) is 121 Å². The van der Waals surface area contributed by atoms with E-state index in [9.17, 15) is 18.0 Å². The van der Waals surface area contributed by atoms with Gasteiger partial charge < -0.3 is 20.0 Å². The van der Waals surface area contributed by atoms with E-state index in [2.05, 4.69) is 15.6 Å². The van der Waals surface area contributed by atoms with Crippen LogP contribution in [0.2, 0.25) is 0 Å². The van der Waals surface area contributed by atoms with E-state index in [1.807, 2.05) is 0 Å². The molecule has 0 aliphatic heterocycles. The normalized spacial score (nSPS) is 11.4. The number of aromatic nitrogens is 1. The highest BCUT2D eigenvalue weighted by Gasteiger charge is 2.17. The predicted molar refractivity (Wildman–Crippen MR) is 91.5 cm³/mol. The molecule has 9 heteroatoms. The van der Waals surface area contributed by atoms with E-state index in [1.165, 1.54) is 19.2 Å². The zero-order valence-corrected chi connectivity index (χ0v) is 14.2. The van der Waals surface area contributed by atoms with Crippen molar-refractivity contribution in [3.8, 4) is 0 Å². The van der Waals surface area contributed by atoms with Gasteiger partial charge in [0.1, 0.15) is 5.69 Å². The molecule has 0 aliphatic rings. The van der Waals surface area contributed by atoms with Crippen molar-refractivity contribution < 1.29 is 22.4 Å². The number of furan rings is 1. The molecule has 0 fully saturated rings. The number of nitrogens with one attached hydrogen (secondary N) is 3. The SMILES string of the molecule is CNC(=O)c1cc2cc(NC(=O)c3ccc(S(C)(=O)=O)o3)ccc2[nH]1.